The lowest BCUT2D eigenvalue weighted by atomic mass is 10.1. The van der Waals surface area contributed by atoms with Gasteiger partial charge in [-0.25, -0.2) is 19.9 Å². The van der Waals surface area contributed by atoms with E-state index in [1.54, 1.807) is 41.9 Å². The number of ether oxygens (including phenoxy) is 2. The van der Waals surface area contributed by atoms with Crippen LogP contribution in [0, 0.1) is 13.8 Å². The molecule has 18 nitrogen and oxygen atoms in total. The molecule has 0 bridgehead atoms. The Balaban J connectivity index is 0.000000194. The fraction of sp³-hybridized carbons (Fsp3) is 0.449. The second-order valence-corrected chi connectivity index (χ2v) is 33.5. The number of carbonyl (C=O) groups is 2. The number of nitrogens with one attached hydrogen (secondary N) is 2. The van der Waals surface area contributed by atoms with Gasteiger partial charge in [-0.1, -0.05) is 39.3 Å². The van der Waals surface area contributed by atoms with Crippen molar-refractivity contribution < 1.29 is 19.1 Å². The summed E-state index contributed by atoms with van der Waals surface area (Å²) in [5, 5.41) is 14.8. The number of halogens is 1. The zero-order valence-electron chi connectivity index (χ0n) is 43.1. The highest BCUT2D eigenvalue weighted by atomic mass is 79.9. The zero-order chi connectivity index (χ0) is 51.3. The Morgan fingerprint density at radius 1 is 0.686 bits per heavy atom. The van der Waals surface area contributed by atoms with Gasteiger partial charge in [-0.3, -0.25) is 28.9 Å². The molecule has 0 unspecified atom stereocenters. The highest BCUT2D eigenvalue weighted by Crippen LogP contribution is 2.28. The summed E-state index contributed by atoms with van der Waals surface area (Å²) in [7, 11) is 1.47. The largest absolute Gasteiger partial charge is 0.361 e. The summed E-state index contributed by atoms with van der Waals surface area (Å²) >= 11 is 3.32. The van der Waals surface area contributed by atoms with Crippen LogP contribution in [0.2, 0.25) is 51.4 Å². The van der Waals surface area contributed by atoms with Crippen molar-refractivity contribution in [3.05, 3.63) is 89.8 Å². The third kappa shape index (κ3) is 14.1. The summed E-state index contributed by atoms with van der Waals surface area (Å²) in [6.07, 6.45) is 10.3. The van der Waals surface area contributed by atoms with Crippen molar-refractivity contribution >= 4 is 88.3 Å². The average Bonchev–Trinajstić information content (AvgIpc) is 4.00. The summed E-state index contributed by atoms with van der Waals surface area (Å²) in [5.41, 5.74) is 8.18. The Kier molecular flexibility index (Phi) is 16.5. The summed E-state index contributed by atoms with van der Waals surface area (Å²) in [6, 6.07) is 9.93. The molecule has 0 aromatic carbocycles. The molecule has 0 fully saturated rings. The van der Waals surface area contributed by atoms with Crippen molar-refractivity contribution in [3.8, 4) is 11.4 Å². The molecule has 0 atom stereocenters. The normalized spacial score (nSPS) is 12.3. The van der Waals surface area contributed by atoms with E-state index in [0.29, 0.717) is 76.1 Å². The smallest absolute Gasteiger partial charge is 0.258 e. The Morgan fingerprint density at radius 3 is 1.69 bits per heavy atom. The lowest BCUT2D eigenvalue weighted by molar-refractivity contribution is 0.0881. The molecule has 0 aliphatic carbocycles. The van der Waals surface area contributed by atoms with Crippen LogP contribution in [0.3, 0.4) is 0 Å². The molecular weight excluding hydrogens is 985 g/mol. The first-order valence-electron chi connectivity index (χ1n) is 23.2. The predicted molar refractivity (Wildman–Crippen MR) is 286 cm³/mol. The molecule has 8 rings (SSSR count). The number of amides is 2. The topological polar surface area (TPSA) is 200 Å². The van der Waals surface area contributed by atoms with Gasteiger partial charge >= 0.3 is 0 Å². The molecule has 0 radical (unpaired) electrons. The number of pyridine rings is 2. The molecule has 0 saturated heterocycles. The first-order chi connectivity index (χ1) is 32.7. The molecule has 0 spiro atoms. The molecule has 8 aromatic heterocycles. The number of hydrogen-bond acceptors (Lipinski definition) is 12. The number of nitrogens with zero attached hydrogens (tertiary/aromatic N) is 12. The molecule has 8 aromatic rings. The summed E-state index contributed by atoms with van der Waals surface area (Å²) in [6.45, 7) is 31.3. The third-order valence-corrected chi connectivity index (χ3v) is 14.4. The van der Waals surface area contributed by atoms with Crippen molar-refractivity contribution in [1.29, 1.82) is 0 Å². The summed E-state index contributed by atoms with van der Waals surface area (Å²) < 4.78 is 19.6. The van der Waals surface area contributed by atoms with E-state index in [0.717, 1.165) is 39.8 Å². The maximum atomic E-state index is 13.2. The molecule has 70 heavy (non-hydrogen) atoms. The van der Waals surface area contributed by atoms with Gasteiger partial charge < -0.3 is 29.2 Å². The minimum atomic E-state index is -1.20. The summed E-state index contributed by atoms with van der Waals surface area (Å²) in [4.78, 5) is 52.8. The number of fused-ring (bicyclic) bond motifs is 4. The molecule has 0 saturated carbocycles. The maximum absolute atomic E-state index is 13.2. The first-order valence-corrected chi connectivity index (χ1v) is 31.4. The number of hydrogen-bond donors (Lipinski definition) is 2. The first kappa shape index (κ1) is 53.5. The van der Waals surface area contributed by atoms with Crippen molar-refractivity contribution in [2.45, 2.75) is 117 Å². The Labute approximate surface area is 420 Å². The maximum Gasteiger partial charge on any atom is 0.258 e. The Hall–Kier alpha value is -5.88. The van der Waals surface area contributed by atoms with E-state index in [2.05, 4.69) is 108 Å². The second-order valence-electron chi connectivity index (χ2n) is 21.5. The quantitative estimate of drug-likeness (QED) is 0.0595. The van der Waals surface area contributed by atoms with Gasteiger partial charge in [0.1, 0.15) is 51.5 Å². The molecule has 21 heteroatoms. The van der Waals surface area contributed by atoms with Gasteiger partial charge in [0.15, 0.2) is 16.8 Å². The molecule has 0 aliphatic rings. The van der Waals surface area contributed by atoms with Crippen LogP contribution in [-0.2, 0) is 37.0 Å². The van der Waals surface area contributed by atoms with Gasteiger partial charge in [-0.2, -0.15) is 10.2 Å². The van der Waals surface area contributed by atoms with Gasteiger partial charge in [0.25, 0.3) is 11.8 Å². The fourth-order valence-corrected chi connectivity index (χ4v) is 8.91. The van der Waals surface area contributed by atoms with Crippen LogP contribution in [0.4, 0.5) is 0 Å². The Bertz CT molecular complexity index is 3080. The highest BCUT2D eigenvalue weighted by molar-refractivity contribution is 9.10. The molecule has 2 N–H and O–H groups in total. The van der Waals surface area contributed by atoms with Crippen molar-refractivity contribution in [2.75, 3.05) is 13.2 Å². The van der Waals surface area contributed by atoms with Crippen LogP contribution in [0.25, 0.3) is 55.8 Å². The van der Waals surface area contributed by atoms with Crippen LogP contribution in [0.1, 0.15) is 61.0 Å². The summed E-state index contributed by atoms with van der Waals surface area (Å²) in [5.74, 6) is -0.424. The van der Waals surface area contributed by atoms with Crippen LogP contribution in [0.15, 0.2) is 66.0 Å². The molecule has 0 aliphatic heterocycles. The number of aryl methyl sites for hydroxylation is 3. The number of rotatable bonds is 14. The SMILES string of the molecule is Cc1nn(C)c2cccnc12.Cn1nc(-c2cnc3c(n2)c(C(=O)NC(C)(C)C)cn3COCC[Si](C)(C)C)c2ncccc21.[CH2+]C(C)(C)NC(=O)c1cn(COCC[Si](C)(C)C)c2ncc(Br)nc12. The average molecular weight is 1050 g/mol. The molecule has 8 heterocycles. The van der Waals surface area contributed by atoms with Gasteiger partial charge in [-0.05, 0) is 80.0 Å². The standard InChI is InChI=1S/C24H33N7O2Si.C17H25BrN4O2Si.C8H9N3/c1-24(2,3)28-23(32)16-14-31(15-33-11-12-34(5,6)7)22-19(16)27-17(13-26-22)20-21-18(30(4)29-20)9-8-10-25-21;1-17(2,3)21-16(23)12-10-22(11-24-7-8-25(4,5)6)15-14(12)20-13(18)9-19-15;1-6-8-7(11(2)10-6)4-3-5-9-8/h8-10,13-14H,11-12,15H2,1-7H3,(H,28,32);9-10H,1,7-8,11H2,2-6H3;3-5H,1-2H3/p+1. The van der Waals surface area contributed by atoms with Gasteiger partial charge in [0.05, 0.1) is 47.2 Å². The van der Waals surface area contributed by atoms with Crippen LogP contribution in [0.5, 0.6) is 0 Å². The predicted octanol–water partition coefficient (Wildman–Crippen LogP) is 9.35. The lowest BCUT2D eigenvalue weighted by Gasteiger charge is -2.20. The van der Waals surface area contributed by atoms with E-state index >= 15 is 0 Å². The van der Waals surface area contributed by atoms with Crippen molar-refractivity contribution in [1.82, 2.24) is 69.2 Å². The lowest BCUT2D eigenvalue weighted by Crippen LogP contribution is -2.40. The van der Waals surface area contributed by atoms with Crippen LogP contribution >= 0.6 is 15.9 Å². The van der Waals surface area contributed by atoms with E-state index in [1.807, 2.05) is 93.7 Å². The van der Waals surface area contributed by atoms with Gasteiger partial charge in [0, 0.05) is 87.6 Å². The molecule has 372 valence electrons. The van der Waals surface area contributed by atoms with E-state index in [1.165, 1.54) is 0 Å². The van der Waals surface area contributed by atoms with Crippen LogP contribution in [-0.4, -0.2) is 111 Å². The van der Waals surface area contributed by atoms with Crippen LogP contribution < -0.4 is 10.6 Å². The Morgan fingerprint density at radius 2 is 1.17 bits per heavy atom. The van der Waals surface area contributed by atoms with Gasteiger partial charge in [-0.15, -0.1) is 0 Å². The van der Waals surface area contributed by atoms with Crippen molar-refractivity contribution in [2.24, 2.45) is 14.1 Å². The van der Waals surface area contributed by atoms with Gasteiger partial charge in [0.2, 0.25) is 0 Å². The second kappa shape index (κ2) is 21.6. The number of aromatic nitrogens is 12. The number of carbonyl (C=O) groups excluding carboxylic acids is 2. The zero-order valence-corrected chi connectivity index (χ0v) is 46.7. The minimum absolute atomic E-state index is 0.200. The highest BCUT2D eigenvalue weighted by Gasteiger charge is 2.27. The minimum Gasteiger partial charge on any atom is -0.361 e. The van der Waals surface area contributed by atoms with E-state index in [4.69, 9.17) is 14.5 Å². The van der Waals surface area contributed by atoms with E-state index in [-0.39, 0.29) is 17.4 Å². The van der Waals surface area contributed by atoms with E-state index in [9.17, 15) is 9.59 Å². The van der Waals surface area contributed by atoms with E-state index < -0.39 is 21.7 Å². The fourth-order valence-electron chi connectivity index (χ4n) is 7.12. The molecule has 2 amide bonds. The third-order valence-electron chi connectivity index (χ3n) is 10.6. The van der Waals surface area contributed by atoms with Crippen molar-refractivity contribution in [3.63, 3.8) is 0 Å². The molecular formula is C49H68BrN14O4Si2+. The monoisotopic (exact) mass is 1050 g/mol.